The summed E-state index contributed by atoms with van der Waals surface area (Å²) in [4.78, 5) is 36.6. The summed E-state index contributed by atoms with van der Waals surface area (Å²) in [5, 5.41) is 6.40. The fourth-order valence-corrected chi connectivity index (χ4v) is 2.72. The fourth-order valence-electron chi connectivity index (χ4n) is 2.72. The van der Waals surface area contributed by atoms with Crippen molar-refractivity contribution in [3.05, 3.63) is 29.3 Å². The molecule has 0 spiro atoms. The van der Waals surface area contributed by atoms with Gasteiger partial charge >= 0.3 is 6.09 Å². The number of hydrogen-bond acceptors (Lipinski definition) is 8. The number of anilines is 2. The van der Waals surface area contributed by atoms with Gasteiger partial charge in [-0.05, 0) is 26.8 Å². The topological polar surface area (TPSA) is 114 Å². The molecule has 1 saturated heterocycles. The molecule has 1 aliphatic rings. The summed E-state index contributed by atoms with van der Waals surface area (Å²) in [6.45, 7) is 7.82. The number of aromatic nitrogens is 3. The van der Waals surface area contributed by atoms with Gasteiger partial charge < -0.3 is 24.4 Å². The van der Waals surface area contributed by atoms with Crippen LogP contribution in [0, 0.1) is 13.8 Å². The monoisotopic (exact) mass is 374 g/mol. The highest BCUT2D eigenvalue weighted by molar-refractivity contribution is 6.02. The summed E-state index contributed by atoms with van der Waals surface area (Å²) in [5.74, 6) is 1.00. The minimum Gasteiger partial charge on any atom is -0.450 e. The van der Waals surface area contributed by atoms with Gasteiger partial charge in [-0.25, -0.2) is 14.8 Å². The first-order valence-corrected chi connectivity index (χ1v) is 8.73. The maximum absolute atomic E-state index is 12.5. The van der Waals surface area contributed by atoms with Crippen LogP contribution >= 0.6 is 0 Å². The molecule has 10 heteroatoms. The Balaban J connectivity index is 1.68. The van der Waals surface area contributed by atoms with Crippen molar-refractivity contribution in [2.75, 3.05) is 43.0 Å². The molecule has 1 N–H and O–H groups in total. The molecule has 27 heavy (non-hydrogen) atoms. The smallest absolute Gasteiger partial charge is 0.409 e. The Morgan fingerprint density at radius 3 is 2.56 bits per heavy atom. The summed E-state index contributed by atoms with van der Waals surface area (Å²) < 4.78 is 9.96. The van der Waals surface area contributed by atoms with Crippen molar-refractivity contribution in [1.29, 1.82) is 0 Å². The lowest BCUT2D eigenvalue weighted by atomic mass is 10.3. The summed E-state index contributed by atoms with van der Waals surface area (Å²) in [6.07, 6.45) is -0.315. The van der Waals surface area contributed by atoms with Gasteiger partial charge in [-0.1, -0.05) is 5.16 Å². The lowest BCUT2D eigenvalue weighted by Crippen LogP contribution is -2.49. The molecule has 0 saturated carbocycles. The van der Waals surface area contributed by atoms with E-state index in [1.165, 1.54) is 0 Å². The van der Waals surface area contributed by atoms with Gasteiger partial charge in [0.1, 0.15) is 11.5 Å². The van der Waals surface area contributed by atoms with Gasteiger partial charge in [-0.15, -0.1) is 0 Å². The van der Waals surface area contributed by atoms with Crippen LogP contribution in [0.5, 0.6) is 0 Å². The third-order valence-corrected chi connectivity index (χ3v) is 4.03. The van der Waals surface area contributed by atoms with E-state index in [9.17, 15) is 9.59 Å². The minimum absolute atomic E-state index is 0.242. The summed E-state index contributed by atoms with van der Waals surface area (Å²) in [7, 11) is 0. The predicted molar refractivity (Wildman–Crippen MR) is 96.8 cm³/mol. The average Bonchev–Trinajstić information content (AvgIpc) is 3.06. The first-order valence-electron chi connectivity index (χ1n) is 8.73. The second-order valence-electron chi connectivity index (χ2n) is 6.14. The second kappa shape index (κ2) is 8.02. The van der Waals surface area contributed by atoms with Gasteiger partial charge in [-0.3, -0.25) is 4.79 Å². The van der Waals surface area contributed by atoms with Crippen LogP contribution in [0.1, 0.15) is 28.9 Å². The Bertz CT molecular complexity index is 829. The summed E-state index contributed by atoms with van der Waals surface area (Å²) in [5.41, 5.74) is 0.917. The van der Waals surface area contributed by atoms with Crippen LogP contribution in [0.4, 0.5) is 16.6 Å². The highest BCUT2D eigenvalue weighted by atomic mass is 16.6. The number of aryl methyl sites for hydroxylation is 2. The molecule has 144 valence electrons. The molecule has 0 unspecified atom stereocenters. The third kappa shape index (κ3) is 4.52. The van der Waals surface area contributed by atoms with Crippen LogP contribution in [0.15, 0.2) is 16.7 Å². The molecule has 2 aromatic heterocycles. The zero-order chi connectivity index (χ0) is 19.4. The number of hydrogen-bond donors (Lipinski definition) is 1. The first-order chi connectivity index (χ1) is 13.0. The van der Waals surface area contributed by atoms with Crippen molar-refractivity contribution in [2.24, 2.45) is 0 Å². The molecule has 3 heterocycles. The van der Waals surface area contributed by atoms with Crippen LogP contribution in [0.3, 0.4) is 0 Å². The molecule has 0 atom stereocenters. The Hall–Kier alpha value is -3.17. The number of piperazine rings is 1. The number of nitrogens with one attached hydrogen (secondary N) is 1. The number of carbonyl (C=O) groups is 2. The first kappa shape index (κ1) is 18.6. The van der Waals surface area contributed by atoms with Gasteiger partial charge in [0.25, 0.3) is 5.91 Å². The van der Waals surface area contributed by atoms with E-state index in [0.717, 1.165) is 0 Å². The molecular weight excluding hydrogens is 352 g/mol. The summed E-state index contributed by atoms with van der Waals surface area (Å²) in [6, 6.07) is 3.24. The highest BCUT2D eigenvalue weighted by Gasteiger charge is 2.24. The fraction of sp³-hybridized carbons (Fsp3) is 0.471. The van der Waals surface area contributed by atoms with Crippen molar-refractivity contribution in [3.63, 3.8) is 0 Å². The van der Waals surface area contributed by atoms with E-state index in [1.807, 2.05) is 4.90 Å². The van der Waals surface area contributed by atoms with Crippen LogP contribution < -0.4 is 10.2 Å². The molecule has 0 aliphatic carbocycles. The van der Waals surface area contributed by atoms with Crippen molar-refractivity contribution >= 4 is 23.8 Å². The molecule has 2 aromatic rings. The lowest BCUT2D eigenvalue weighted by molar-refractivity contribution is 0.102. The molecule has 1 aliphatic heterocycles. The van der Waals surface area contributed by atoms with Crippen LogP contribution in [0.25, 0.3) is 0 Å². The zero-order valence-electron chi connectivity index (χ0n) is 15.6. The van der Waals surface area contributed by atoms with E-state index in [0.29, 0.717) is 56.0 Å². The number of nitrogens with zero attached hydrogens (tertiary/aromatic N) is 5. The molecule has 0 radical (unpaired) electrons. The second-order valence-corrected chi connectivity index (χ2v) is 6.14. The lowest BCUT2D eigenvalue weighted by Gasteiger charge is -2.34. The highest BCUT2D eigenvalue weighted by Crippen LogP contribution is 2.15. The van der Waals surface area contributed by atoms with Gasteiger partial charge in [0.2, 0.25) is 5.95 Å². The van der Waals surface area contributed by atoms with E-state index in [-0.39, 0.29) is 17.7 Å². The van der Waals surface area contributed by atoms with Crippen molar-refractivity contribution < 1.29 is 18.8 Å². The van der Waals surface area contributed by atoms with E-state index in [4.69, 9.17) is 9.26 Å². The quantitative estimate of drug-likeness (QED) is 0.859. The van der Waals surface area contributed by atoms with E-state index < -0.39 is 0 Å². The maximum Gasteiger partial charge on any atom is 0.409 e. The molecule has 0 bridgehead atoms. The molecule has 0 aromatic carbocycles. The summed E-state index contributed by atoms with van der Waals surface area (Å²) >= 11 is 0. The molecule has 3 rings (SSSR count). The Kier molecular flexibility index (Phi) is 5.53. The maximum atomic E-state index is 12.5. The Morgan fingerprint density at radius 2 is 1.93 bits per heavy atom. The predicted octanol–water partition coefficient (Wildman–Crippen LogP) is 1.61. The number of ether oxygens (including phenoxy) is 1. The van der Waals surface area contributed by atoms with E-state index >= 15 is 0 Å². The molecule has 1 fully saturated rings. The van der Waals surface area contributed by atoms with Crippen molar-refractivity contribution in [1.82, 2.24) is 20.0 Å². The Labute approximate surface area is 156 Å². The SMILES string of the molecule is CCOC(=O)N1CCN(c2nc(C)cc(C(=O)Nc3cc(C)on3)n2)CC1. The van der Waals surface area contributed by atoms with Gasteiger partial charge in [-0.2, -0.15) is 0 Å². The normalized spacial score (nSPS) is 14.2. The van der Waals surface area contributed by atoms with Crippen LogP contribution in [-0.4, -0.2) is 64.8 Å². The van der Waals surface area contributed by atoms with Crippen molar-refractivity contribution in [3.8, 4) is 0 Å². The molecule has 10 nitrogen and oxygen atoms in total. The minimum atomic E-state index is -0.389. The van der Waals surface area contributed by atoms with Gasteiger partial charge in [0, 0.05) is 37.9 Å². The van der Waals surface area contributed by atoms with E-state index in [1.54, 1.807) is 37.8 Å². The van der Waals surface area contributed by atoms with Crippen LogP contribution in [-0.2, 0) is 4.74 Å². The largest absolute Gasteiger partial charge is 0.450 e. The standard InChI is InChI=1S/C17H22N6O4/c1-4-26-17(25)23-7-5-22(6-8-23)16-18-11(2)9-13(19-16)15(24)20-14-10-12(3)27-21-14/h9-10H,4-8H2,1-3H3,(H,20,21,24). The zero-order valence-corrected chi connectivity index (χ0v) is 15.6. The van der Waals surface area contributed by atoms with Crippen LogP contribution in [0.2, 0.25) is 0 Å². The average molecular weight is 374 g/mol. The number of carbonyl (C=O) groups excluding carboxylic acids is 2. The van der Waals surface area contributed by atoms with Gasteiger partial charge in [0.15, 0.2) is 5.82 Å². The van der Waals surface area contributed by atoms with Gasteiger partial charge in [0.05, 0.1) is 6.61 Å². The van der Waals surface area contributed by atoms with Crippen molar-refractivity contribution in [2.45, 2.75) is 20.8 Å². The van der Waals surface area contributed by atoms with E-state index in [2.05, 4.69) is 20.4 Å². The number of amides is 2. The molecular formula is C17H22N6O4. The third-order valence-electron chi connectivity index (χ3n) is 4.03. The molecule has 2 amide bonds. The Morgan fingerprint density at radius 1 is 1.19 bits per heavy atom. The number of rotatable bonds is 4.